The third-order valence-corrected chi connectivity index (χ3v) is 4.12. The molecule has 1 aromatic carbocycles. The van der Waals surface area contributed by atoms with Crippen molar-refractivity contribution in [1.29, 1.82) is 0 Å². The van der Waals surface area contributed by atoms with Gasteiger partial charge in [0, 0.05) is 12.1 Å². The first-order chi connectivity index (χ1) is 14.2. The Morgan fingerprint density at radius 3 is 2.57 bits per heavy atom. The van der Waals surface area contributed by atoms with E-state index < -0.39 is 30.3 Å². The highest BCUT2D eigenvalue weighted by Gasteiger charge is 2.21. The SMILES string of the molecule is CC(C)(C)OC(=O)NCCCC[C@H](NC(=O)c1cccc(OCCF)c1)C(=O)CCl. The third-order valence-electron chi connectivity index (χ3n) is 3.86. The van der Waals surface area contributed by atoms with E-state index in [0.29, 0.717) is 37.1 Å². The maximum absolute atomic E-state index is 12.5. The number of carbonyl (C=O) groups is 3. The van der Waals surface area contributed by atoms with Crippen molar-refractivity contribution >= 4 is 29.4 Å². The first-order valence-electron chi connectivity index (χ1n) is 9.81. The average Bonchev–Trinajstić information content (AvgIpc) is 2.69. The highest BCUT2D eigenvalue weighted by atomic mass is 35.5. The number of carbonyl (C=O) groups excluding carboxylic acids is 3. The fraction of sp³-hybridized carbons (Fsp3) is 0.571. The summed E-state index contributed by atoms with van der Waals surface area (Å²) < 4.78 is 22.6. The smallest absolute Gasteiger partial charge is 0.407 e. The van der Waals surface area contributed by atoms with Gasteiger partial charge in [0.2, 0.25) is 0 Å². The highest BCUT2D eigenvalue weighted by molar-refractivity contribution is 6.28. The molecule has 0 saturated heterocycles. The van der Waals surface area contributed by atoms with Crippen LogP contribution >= 0.6 is 11.6 Å². The molecule has 0 radical (unpaired) electrons. The van der Waals surface area contributed by atoms with E-state index in [0.717, 1.165) is 0 Å². The number of ether oxygens (including phenoxy) is 2. The molecule has 1 aromatic rings. The number of alkyl carbamates (subject to hydrolysis) is 1. The monoisotopic (exact) mass is 444 g/mol. The minimum Gasteiger partial charge on any atom is -0.491 e. The lowest BCUT2D eigenvalue weighted by atomic mass is 10.1. The first-order valence-corrected chi connectivity index (χ1v) is 10.3. The lowest BCUT2D eigenvalue weighted by Crippen LogP contribution is -2.41. The molecule has 0 unspecified atom stereocenters. The van der Waals surface area contributed by atoms with Gasteiger partial charge in [-0.15, -0.1) is 11.6 Å². The minimum atomic E-state index is -0.744. The van der Waals surface area contributed by atoms with Crippen molar-refractivity contribution in [3.05, 3.63) is 29.8 Å². The molecule has 0 heterocycles. The summed E-state index contributed by atoms with van der Waals surface area (Å²) in [6, 6.07) is 5.55. The number of ketones is 1. The zero-order valence-corrected chi connectivity index (χ0v) is 18.4. The number of rotatable bonds is 12. The Balaban J connectivity index is 2.53. The summed E-state index contributed by atoms with van der Waals surface area (Å²) in [6.07, 6.45) is 1.07. The largest absolute Gasteiger partial charge is 0.491 e. The number of benzene rings is 1. The summed E-state index contributed by atoms with van der Waals surface area (Å²) in [5.74, 6) is -0.597. The number of hydrogen-bond acceptors (Lipinski definition) is 5. The van der Waals surface area contributed by atoms with Crippen LogP contribution in [0.2, 0.25) is 0 Å². The summed E-state index contributed by atoms with van der Waals surface area (Å²) in [6.45, 7) is 4.99. The van der Waals surface area contributed by atoms with Crippen molar-refractivity contribution in [3.8, 4) is 5.75 Å². The van der Waals surface area contributed by atoms with Crippen LogP contribution in [0.1, 0.15) is 50.4 Å². The lowest BCUT2D eigenvalue weighted by molar-refractivity contribution is -0.118. The normalized spacial score (nSPS) is 12.0. The van der Waals surface area contributed by atoms with Crippen LogP contribution < -0.4 is 15.4 Å². The van der Waals surface area contributed by atoms with Gasteiger partial charge < -0.3 is 20.1 Å². The molecular weight excluding hydrogens is 415 g/mol. The summed E-state index contributed by atoms with van der Waals surface area (Å²) >= 11 is 5.67. The van der Waals surface area contributed by atoms with Crippen LogP contribution in [0.15, 0.2) is 24.3 Å². The van der Waals surface area contributed by atoms with E-state index in [-0.39, 0.29) is 18.3 Å². The second-order valence-corrected chi connectivity index (χ2v) is 7.88. The van der Waals surface area contributed by atoms with Crippen LogP contribution in [0, 0.1) is 0 Å². The second kappa shape index (κ2) is 13.1. The Labute approximate surface area is 181 Å². The Hall–Kier alpha value is -2.35. The van der Waals surface area contributed by atoms with Gasteiger partial charge >= 0.3 is 6.09 Å². The van der Waals surface area contributed by atoms with E-state index in [1.54, 1.807) is 39.0 Å². The highest BCUT2D eigenvalue weighted by Crippen LogP contribution is 2.14. The molecule has 1 rings (SSSR count). The summed E-state index contributed by atoms with van der Waals surface area (Å²) in [5.41, 5.74) is -0.272. The minimum absolute atomic E-state index is 0.101. The molecule has 7 nitrogen and oxygen atoms in total. The second-order valence-electron chi connectivity index (χ2n) is 7.62. The quantitative estimate of drug-likeness (QED) is 0.379. The predicted octanol–water partition coefficient (Wildman–Crippen LogP) is 3.64. The van der Waals surface area contributed by atoms with Gasteiger partial charge in [-0.25, -0.2) is 9.18 Å². The number of alkyl halides is 2. The summed E-state index contributed by atoms with van der Waals surface area (Å²) in [5, 5.41) is 5.33. The summed E-state index contributed by atoms with van der Waals surface area (Å²) in [7, 11) is 0. The fourth-order valence-corrected chi connectivity index (χ4v) is 2.70. The molecule has 0 spiro atoms. The Kier molecular flexibility index (Phi) is 11.2. The maximum Gasteiger partial charge on any atom is 0.407 e. The molecule has 0 bridgehead atoms. The fourth-order valence-electron chi connectivity index (χ4n) is 2.51. The molecule has 2 amide bonds. The lowest BCUT2D eigenvalue weighted by Gasteiger charge is -2.20. The predicted molar refractivity (Wildman–Crippen MR) is 113 cm³/mol. The topological polar surface area (TPSA) is 93.7 Å². The number of Topliss-reactive ketones (excluding diaryl/α,β-unsaturated/α-hetero) is 1. The van der Waals surface area contributed by atoms with Crippen molar-refractivity contribution in [2.24, 2.45) is 0 Å². The number of amides is 2. The number of unbranched alkanes of at least 4 members (excludes halogenated alkanes) is 1. The first kappa shape index (κ1) is 25.7. The number of hydrogen-bond donors (Lipinski definition) is 2. The van der Waals surface area contributed by atoms with Gasteiger partial charge in [-0.2, -0.15) is 0 Å². The van der Waals surface area contributed by atoms with Crippen LogP contribution in [-0.2, 0) is 9.53 Å². The van der Waals surface area contributed by atoms with Crippen molar-refractivity contribution in [1.82, 2.24) is 10.6 Å². The van der Waals surface area contributed by atoms with Crippen LogP contribution in [-0.4, -0.2) is 55.1 Å². The van der Waals surface area contributed by atoms with Crippen LogP contribution in [0.5, 0.6) is 5.75 Å². The standard InChI is InChI=1S/C21H30ClFN2O5/c1-21(2,3)30-20(28)24-11-5-4-9-17(18(26)14-22)25-19(27)15-7-6-8-16(13-15)29-12-10-23/h6-8,13,17H,4-5,9-12,14H2,1-3H3,(H,24,28)(H,25,27)/t17-/m0/s1. The van der Waals surface area contributed by atoms with Gasteiger partial charge in [0.05, 0.1) is 11.9 Å². The zero-order valence-electron chi connectivity index (χ0n) is 17.6. The molecule has 0 fully saturated rings. The molecule has 0 aliphatic carbocycles. The molecule has 2 N–H and O–H groups in total. The van der Waals surface area contributed by atoms with E-state index in [9.17, 15) is 18.8 Å². The van der Waals surface area contributed by atoms with Gasteiger partial charge in [-0.3, -0.25) is 9.59 Å². The van der Waals surface area contributed by atoms with Gasteiger partial charge in [-0.1, -0.05) is 6.07 Å². The van der Waals surface area contributed by atoms with E-state index in [1.165, 1.54) is 6.07 Å². The van der Waals surface area contributed by atoms with Crippen molar-refractivity contribution in [2.75, 3.05) is 25.7 Å². The maximum atomic E-state index is 12.5. The number of halogens is 2. The van der Waals surface area contributed by atoms with Crippen molar-refractivity contribution in [2.45, 2.75) is 51.7 Å². The molecule has 9 heteroatoms. The van der Waals surface area contributed by atoms with E-state index >= 15 is 0 Å². The summed E-state index contributed by atoms with van der Waals surface area (Å²) in [4.78, 5) is 36.2. The van der Waals surface area contributed by atoms with Gasteiger partial charge in [0.25, 0.3) is 5.91 Å². The Morgan fingerprint density at radius 2 is 1.93 bits per heavy atom. The molecule has 0 aliphatic heterocycles. The van der Waals surface area contributed by atoms with Gasteiger partial charge in [-0.05, 0) is 58.2 Å². The molecule has 0 saturated carbocycles. The van der Waals surface area contributed by atoms with Crippen LogP contribution in [0.3, 0.4) is 0 Å². The molecule has 0 aliphatic rings. The molecule has 0 aromatic heterocycles. The van der Waals surface area contributed by atoms with E-state index in [1.807, 2.05) is 0 Å². The van der Waals surface area contributed by atoms with Crippen LogP contribution in [0.25, 0.3) is 0 Å². The van der Waals surface area contributed by atoms with Crippen molar-refractivity contribution in [3.63, 3.8) is 0 Å². The van der Waals surface area contributed by atoms with Crippen molar-refractivity contribution < 1.29 is 28.2 Å². The molecule has 1 atom stereocenters. The third kappa shape index (κ3) is 10.4. The van der Waals surface area contributed by atoms with Crippen LogP contribution in [0.4, 0.5) is 9.18 Å². The zero-order chi connectivity index (χ0) is 22.6. The molecular formula is C21H30ClFN2O5. The molecule has 30 heavy (non-hydrogen) atoms. The Morgan fingerprint density at radius 1 is 1.20 bits per heavy atom. The average molecular weight is 445 g/mol. The number of nitrogens with one attached hydrogen (secondary N) is 2. The Bertz CT molecular complexity index is 709. The molecule has 168 valence electrons. The van der Waals surface area contributed by atoms with Gasteiger partial charge in [0.1, 0.15) is 24.6 Å². The van der Waals surface area contributed by atoms with Gasteiger partial charge in [0.15, 0.2) is 5.78 Å². The van der Waals surface area contributed by atoms with E-state index in [4.69, 9.17) is 21.1 Å². The van der Waals surface area contributed by atoms with E-state index in [2.05, 4.69) is 10.6 Å².